The second kappa shape index (κ2) is 6.36. The topological polar surface area (TPSA) is 88.3 Å². The first-order valence-corrected chi connectivity index (χ1v) is 6.83. The lowest BCUT2D eigenvalue weighted by Crippen LogP contribution is -2.51. The number of nitrogens with zero attached hydrogens (tertiary/aromatic N) is 2. The van der Waals surface area contributed by atoms with Crippen molar-refractivity contribution in [3.63, 3.8) is 0 Å². The van der Waals surface area contributed by atoms with E-state index in [9.17, 15) is 9.59 Å². The summed E-state index contributed by atoms with van der Waals surface area (Å²) in [6, 6.07) is 3.11. The second-order valence-corrected chi connectivity index (χ2v) is 4.97. The standard InChI is InChI=1S/C14H20N4O2/c1-16-14(20)12-4-2-3-7-18(12)13(19)8-11-6-5-10(15)9-17-11/h5-6,9,12H,2-4,7-8,15H2,1H3,(H,16,20). The van der Waals surface area contributed by atoms with Crippen LogP contribution in [-0.2, 0) is 16.0 Å². The van der Waals surface area contributed by atoms with Gasteiger partial charge in [0.15, 0.2) is 0 Å². The van der Waals surface area contributed by atoms with Gasteiger partial charge >= 0.3 is 0 Å². The number of amides is 2. The summed E-state index contributed by atoms with van der Waals surface area (Å²) >= 11 is 0. The summed E-state index contributed by atoms with van der Waals surface area (Å²) < 4.78 is 0. The zero-order chi connectivity index (χ0) is 14.5. The number of likely N-dealkylation sites (tertiary alicyclic amines) is 1. The van der Waals surface area contributed by atoms with Crippen LogP contribution in [0.25, 0.3) is 0 Å². The largest absolute Gasteiger partial charge is 0.397 e. The number of carbonyl (C=O) groups excluding carboxylic acids is 2. The van der Waals surface area contributed by atoms with E-state index >= 15 is 0 Å². The fourth-order valence-corrected chi connectivity index (χ4v) is 2.47. The number of hydrogen-bond donors (Lipinski definition) is 2. The lowest BCUT2D eigenvalue weighted by atomic mass is 10.0. The summed E-state index contributed by atoms with van der Waals surface area (Å²) in [5.41, 5.74) is 6.81. The summed E-state index contributed by atoms with van der Waals surface area (Å²) in [6.07, 6.45) is 4.37. The number of hydrogen-bond acceptors (Lipinski definition) is 4. The Labute approximate surface area is 118 Å². The quantitative estimate of drug-likeness (QED) is 0.833. The molecule has 0 saturated carbocycles. The molecule has 1 aromatic heterocycles. The van der Waals surface area contributed by atoms with E-state index in [0.717, 1.165) is 19.3 Å². The van der Waals surface area contributed by atoms with Crippen molar-refractivity contribution in [3.8, 4) is 0 Å². The molecule has 2 amide bonds. The number of nitrogens with one attached hydrogen (secondary N) is 1. The molecule has 1 aliphatic rings. The maximum absolute atomic E-state index is 12.4. The number of likely N-dealkylation sites (N-methyl/N-ethyl adjacent to an activating group) is 1. The van der Waals surface area contributed by atoms with E-state index in [1.165, 1.54) is 6.20 Å². The Hall–Kier alpha value is -2.11. The summed E-state index contributed by atoms with van der Waals surface area (Å²) in [5.74, 6) is -0.154. The van der Waals surface area contributed by atoms with Gasteiger partial charge in [0.1, 0.15) is 6.04 Å². The van der Waals surface area contributed by atoms with Gasteiger partial charge in [0.25, 0.3) is 0 Å². The van der Waals surface area contributed by atoms with E-state index in [1.807, 2.05) is 0 Å². The first-order chi connectivity index (χ1) is 9.61. The predicted octanol–water partition coefficient (Wildman–Crippen LogP) is 0.333. The fraction of sp³-hybridized carbons (Fsp3) is 0.500. The summed E-state index contributed by atoms with van der Waals surface area (Å²) in [7, 11) is 1.60. The minimum absolute atomic E-state index is 0.0597. The summed E-state index contributed by atoms with van der Waals surface area (Å²) in [6.45, 7) is 0.631. The minimum atomic E-state index is -0.352. The first-order valence-electron chi connectivity index (χ1n) is 6.83. The molecule has 20 heavy (non-hydrogen) atoms. The lowest BCUT2D eigenvalue weighted by Gasteiger charge is -2.34. The van der Waals surface area contributed by atoms with Crippen LogP contribution in [0.4, 0.5) is 5.69 Å². The van der Waals surface area contributed by atoms with Gasteiger partial charge in [0, 0.05) is 19.3 Å². The van der Waals surface area contributed by atoms with E-state index < -0.39 is 0 Å². The average Bonchev–Trinajstić information content (AvgIpc) is 2.48. The molecule has 1 fully saturated rings. The van der Waals surface area contributed by atoms with Gasteiger partial charge in [-0.05, 0) is 31.4 Å². The number of pyridine rings is 1. The Morgan fingerprint density at radius 2 is 2.25 bits per heavy atom. The van der Waals surface area contributed by atoms with Crippen LogP contribution in [0.15, 0.2) is 18.3 Å². The van der Waals surface area contributed by atoms with Crippen LogP contribution in [0.1, 0.15) is 25.0 Å². The molecule has 6 nitrogen and oxygen atoms in total. The smallest absolute Gasteiger partial charge is 0.242 e. The molecule has 6 heteroatoms. The Morgan fingerprint density at radius 1 is 1.45 bits per heavy atom. The fourth-order valence-electron chi connectivity index (χ4n) is 2.47. The molecule has 1 atom stereocenters. The molecule has 1 saturated heterocycles. The number of carbonyl (C=O) groups is 2. The molecule has 0 aromatic carbocycles. The molecular formula is C14H20N4O2. The molecule has 2 rings (SSSR count). The zero-order valence-electron chi connectivity index (χ0n) is 11.6. The Kier molecular flexibility index (Phi) is 4.55. The van der Waals surface area contributed by atoms with Gasteiger partial charge in [-0.15, -0.1) is 0 Å². The Morgan fingerprint density at radius 3 is 2.90 bits per heavy atom. The lowest BCUT2D eigenvalue weighted by molar-refractivity contribution is -0.141. The van der Waals surface area contributed by atoms with Gasteiger partial charge in [-0.3, -0.25) is 14.6 Å². The van der Waals surface area contributed by atoms with Gasteiger partial charge < -0.3 is 16.0 Å². The molecule has 0 bridgehead atoms. The van der Waals surface area contributed by atoms with Crippen molar-refractivity contribution in [1.82, 2.24) is 15.2 Å². The third kappa shape index (κ3) is 3.26. The Bertz CT molecular complexity index is 486. The number of nitrogens with two attached hydrogens (primary N) is 1. The van der Waals surface area contributed by atoms with Crippen molar-refractivity contribution in [2.75, 3.05) is 19.3 Å². The maximum atomic E-state index is 12.4. The van der Waals surface area contributed by atoms with Crippen LogP contribution < -0.4 is 11.1 Å². The molecule has 0 spiro atoms. The summed E-state index contributed by atoms with van der Waals surface area (Å²) in [4.78, 5) is 30.0. The first kappa shape index (κ1) is 14.3. The van der Waals surface area contributed by atoms with Crippen LogP contribution in [-0.4, -0.2) is 41.3 Å². The molecule has 1 aromatic rings. The minimum Gasteiger partial charge on any atom is -0.397 e. The molecule has 0 aliphatic carbocycles. The molecular weight excluding hydrogens is 256 g/mol. The van der Waals surface area contributed by atoms with Crippen molar-refractivity contribution < 1.29 is 9.59 Å². The third-order valence-electron chi connectivity index (χ3n) is 3.55. The van der Waals surface area contributed by atoms with E-state index in [1.54, 1.807) is 24.1 Å². The molecule has 0 radical (unpaired) electrons. The number of piperidine rings is 1. The highest BCUT2D eigenvalue weighted by Crippen LogP contribution is 2.18. The van der Waals surface area contributed by atoms with Gasteiger partial charge in [0.2, 0.25) is 11.8 Å². The zero-order valence-corrected chi connectivity index (χ0v) is 11.6. The third-order valence-corrected chi connectivity index (χ3v) is 3.55. The highest BCUT2D eigenvalue weighted by molar-refractivity contribution is 5.88. The monoisotopic (exact) mass is 276 g/mol. The van der Waals surface area contributed by atoms with Gasteiger partial charge in [0.05, 0.1) is 18.3 Å². The normalized spacial score (nSPS) is 18.6. The van der Waals surface area contributed by atoms with E-state index in [-0.39, 0.29) is 24.3 Å². The molecule has 3 N–H and O–H groups in total. The molecule has 1 aliphatic heterocycles. The number of rotatable bonds is 3. The summed E-state index contributed by atoms with van der Waals surface area (Å²) in [5, 5.41) is 2.63. The number of nitrogen functional groups attached to an aromatic ring is 1. The van der Waals surface area contributed by atoms with Gasteiger partial charge in [-0.1, -0.05) is 0 Å². The highest BCUT2D eigenvalue weighted by atomic mass is 16.2. The average molecular weight is 276 g/mol. The highest BCUT2D eigenvalue weighted by Gasteiger charge is 2.31. The molecule has 1 unspecified atom stereocenters. The van der Waals surface area contributed by atoms with Crippen molar-refractivity contribution in [3.05, 3.63) is 24.0 Å². The molecule has 108 valence electrons. The van der Waals surface area contributed by atoms with Crippen LogP contribution >= 0.6 is 0 Å². The maximum Gasteiger partial charge on any atom is 0.242 e. The van der Waals surface area contributed by atoms with E-state index in [0.29, 0.717) is 17.9 Å². The second-order valence-electron chi connectivity index (χ2n) is 4.97. The van der Waals surface area contributed by atoms with Gasteiger partial charge in [-0.2, -0.15) is 0 Å². The van der Waals surface area contributed by atoms with Crippen molar-refractivity contribution in [1.29, 1.82) is 0 Å². The van der Waals surface area contributed by atoms with Crippen LogP contribution in [0, 0.1) is 0 Å². The van der Waals surface area contributed by atoms with Crippen LogP contribution in [0.3, 0.4) is 0 Å². The van der Waals surface area contributed by atoms with Gasteiger partial charge in [-0.25, -0.2) is 0 Å². The van der Waals surface area contributed by atoms with E-state index in [4.69, 9.17) is 5.73 Å². The molecule has 2 heterocycles. The van der Waals surface area contributed by atoms with E-state index in [2.05, 4.69) is 10.3 Å². The van der Waals surface area contributed by atoms with Crippen molar-refractivity contribution in [2.45, 2.75) is 31.7 Å². The predicted molar refractivity (Wildman–Crippen MR) is 75.8 cm³/mol. The Balaban J connectivity index is 2.05. The van der Waals surface area contributed by atoms with Crippen molar-refractivity contribution in [2.24, 2.45) is 0 Å². The van der Waals surface area contributed by atoms with Crippen LogP contribution in [0.5, 0.6) is 0 Å². The number of aromatic nitrogens is 1. The van der Waals surface area contributed by atoms with Crippen molar-refractivity contribution >= 4 is 17.5 Å². The SMILES string of the molecule is CNC(=O)C1CCCCN1C(=O)Cc1ccc(N)cn1. The number of anilines is 1. The van der Waals surface area contributed by atoms with Crippen LogP contribution in [0.2, 0.25) is 0 Å².